The predicted molar refractivity (Wildman–Crippen MR) is 55.3 cm³/mol. The number of benzene rings is 1. The second-order valence-electron chi connectivity index (χ2n) is 3.91. The molecular formula is C12H12O3. The molecule has 0 saturated carbocycles. The first-order valence-electron chi connectivity index (χ1n) is 5.07. The fraction of sp³-hybridized carbons (Fsp3) is 0.333. The summed E-state index contributed by atoms with van der Waals surface area (Å²) < 4.78 is 11.3. The predicted octanol–water partition coefficient (Wildman–Crippen LogP) is 2.22. The molecule has 2 aliphatic heterocycles. The monoisotopic (exact) mass is 204 g/mol. The number of hydrogen-bond acceptors (Lipinski definition) is 3. The van der Waals surface area contributed by atoms with Crippen LogP contribution in [0.25, 0.3) is 6.08 Å². The molecule has 2 aliphatic rings. The highest BCUT2D eigenvalue weighted by Gasteiger charge is 2.36. The van der Waals surface area contributed by atoms with E-state index in [2.05, 4.69) is 0 Å². The largest absolute Gasteiger partial charge is 0.507 e. The van der Waals surface area contributed by atoms with E-state index in [0.717, 1.165) is 11.1 Å². The average molecular weight is 204 g/mol. The number of fused-ring (bicyclic) bond motifs is 4. The summed E-state index contributed by atoms with van der Waals surface area (Å²) in [6, 6.07) is 5.42. The Morgan fingerprint density at radius 2 is 2.13 bits per heavy atom. The van der Waals surface area contributed by atoms with Crippen LogP contribution in [0.15, 0.2) is 24.3 Å². The van der Waals surface area contributed by atoms with E-state index in [1.54, 1.807) is 6.07 Å². The van der Waals surface area contributed by atoms with Gasteiger partial charge in [-0.15, -0.1) is 0 Å². The Bertz CT molecular complexity index is 425. The summed E-state index contributed by atoms with van der Waals surface area (Å²) in [6.45, 7) is 1.97. The van der Waals surface area contributed by atoms with E-state index in [4.69, 9.17) is 9.47 Å². The maximum atomic E-state index is 9.79. The summed E-state index contributed by atoms with van der Waals surface area (Å²) in [6.07, 6.45) is 3.56. The molecule has 0 aliphatic carbocycles. The fourth-order valence-corrected chi connectivity index (χ4v) is 2.07. The molecule has 15 heavy (non-hydrogen) atoms. The first-order chi connectivity index (χ1) is 7.25. The Hall–Kier alpha value is -1.32. The van der Waals surface area contributed by atoms with Gasteiger partial charge in [-0.05, 0) is 18.6 Å². The minimum atomic E-state index is -0.434. The van der Waals surface area contributed by atoms with Gasteiger partial charge < -0.3 is 14.6 Å². The van der Waals surface area contributed by atoms with Gasteiger partial charge >= 0.3 is 0 Å². The number of aromatic hydroxyl groups is 1. The highest BCUT2D eigenvalue weighted by Crippen LogP contribution is 2.40. The van der Waals surface area contributed by atoms with E-state index in [-0.39, 0.29) is 18.0 Å². The summed E-state index contributed by atoms with van der Waals surface area (Å²) >= 11 is 0. The minimum absolute atomic E-state index is 0.0122. The van der Waals surface area contributed by atoms with Gasteiger partial charge in [0.2, 0.25) is 0 Å². The van der Waals surface area contributed by atoms with Crippen molar-refractivity contribution in [2.45, 2.75) is 25.4 Å². The average Bonchev–Trinajstić information content (AvgIpc) is 2.45. The molecule has 1 saturated heterocycles. The lowest BCUT2D eigenvalue weighted by Gasteiger charge is -2.14. The first-order valence-corrected chi connectivity index (χ1v) is 5.07. The highest BCUT2D eigenvalue weighted by atomic mass is 16.7. The Kier molecular flexibility index (Phi) is 1.84. The van der Waals surface area contributed by atoms with Crippen molar-refractivity contribution in [1.29, 1.82) is 0 Å². The zero-order valence-corrected chi connectivity index (χ0v) is 8.38. The van der Waals surface area contributed by atoms with E-state index in [1.807, 2.05) is 31.2 Å². The van der Waals surface area contributed by atoms with Crippen molar-refractivity contribution >= 4 is 6.08 Å². The molecule has 0 amide bonds. The highest BCUT2D eigenvalue weighted by molar-refractivity contribution is 5.60. The first kappa shape index (κ1) is 8.95. The number of rotatable bonds is 0. The van der Waals surface area contributed by atoms with Gasteiger partial charge in [-0.25, -0.2) is 0 Å². The smallest absolute Gasteiger partial charge is 0.189 e. The fourth-order valence-electron chi connectivity index (χ4n) is 2.07. The molecule has 0 unspecified atom stereocenters. The van der Waals surface area contributed by atoms with Crippen molar-refractivity contribution in [3.63, 3.8) is 0 Å². The summed E-state index contributed by atoms with van der Waals surface area (Å²) in [5.74, 6) is 0.233. The Morgan fingerprint density at radius 3 is 3.00 bits per heavy atom. The van der Waals surface area contributed by atoms with E-state index < -0.39 is 6.29 Å². The van der Waals surface area contributed by atoms with E-state index in [9.17, 15) is 5.11 Å². The summed E-state index contributed by atoms with van der Waals surface area (Å²) in [4.78, 5) is 0. The van der Waals surface area contributed by atoms with Gasteiger partial charge in [-0.2, -0.15) is 0 Å². The molecule has 3 nitrogen and oxygen atoms in total. The van der Waals surface area contributed by atoms with Crippen molar-refractivity contribution in [2.75, 3.05) is 0 Å². The maximum Gasteiger partial charge on any atom is 0.189 e. The SMILES string of the molecule is C[C@H]1O[C@H]2O[C@H]1C=Cc1cccc(O)c12. The molecule has 3 rings (SSSR count). The molecule has 3 atom stereocenters. The van der Waals surface area contributed by atoms with Crippen LogP contribution in [0, 0.1) is 0 Å². The quantitative estimate of drug-likeness (QED) is 0.704. The molecule has 0 spiro atoms. The van der Waals surface area contributed by atoms with Gasteiger partial charge in [0.25, 0.3) is 0 Å². The zero-order valence-electron chi connectivity index (χ0n) is 8.38. The van der Waals surface area contributed by atoms with Crippen LogP contribution in [-0.2, 0) is 9.47 Å². The number of ether oxygens (including phenoxy) is 2. The Labute approximate surface area is 87.9 Å². The lowest BCUT2D eigenvalue weighted by Crippen LogP contribution is -2.15. The third kappa shape index (κ3) is 1.28. The molecule has 1 N–H and O–H groups in total. The third-order valence-corrected chi connectivity index (χ3v) is 2.90. The molecule has 1 fully saturated rings. The van der Waals surface area contributed by atoms with Crippen molar-refractivity contribution in [1.82, 2.24) is 0 Å². The van der Waals surface area contributed by atoms with Crippen molar-refractivity contribution < 1.29 is 14.6 Å². The van der Waals surface area contributed by atoms with Crippen molar-refractivity contribution in [3.05, 3.63) is 35.4 Å². The van der Waals surface area contributed by atoms with Crippen molar-refractivity contribution in [2.24, 2.45) is 0 Å². The second-order valence-corrected chi connectivity index (χ2v) is 3.91. The summed E-state index contributed by atoms with van der Waals surface area (Å²) in [5, 5.41) is 9.79. The van der Waals surface area contributed by atoms with Crippen molar-refractivity contribution in [3.8, 4) is 5.75 Å². The molecule has 2 heterocycles. The molecule has 78 valence electrons. The minimum Gasteiger partial charge on any atom is -0.507 e. The lowest BCUT2D eigenvalue weighted by molar-refractivity contribution is -0.0634. The zero-order chi connectivity index (χ0) is 10.4. The number of hydrogen-bond donors (Lipinski definition) is 1. The van der Waals surface area contributed by atoms with Crippen LogP contribution in [0.5, 0.6) is 5.75 Å². The van der Waals surface area contributed by atoms with Gasteiger partial charge in [0.15, 0.2) is 6.29 Å². The van der Waals surface area contributed by atoms with Gasteiger partial charge in [0, 0.05) is 0 Å². The third-order valence-electron chi connectivity index (χ3n) is 2.90. The van der Waals surface area contributed by atoms with Gasteiger partial charge in [-0.1, -0.05) is 24.3 Å². The number of phenolic OH excluding ortho intramolecular Hbond substituents is 1. The maximum absolute atomic E-state index is 9.79. The van der Waals surface area contributed by atoms with E-state index in [0.29, 0.717) is 0 Å². The lowest BCUT2D eigenvalue weighted by atomic mass is 10.0. The Morgan fingerprint density at radius 1 is 1.27 bits per heavy atom. The number of phenols is 1. The summed E-state index contributed by atoms with van der Waals surface area (Å²) in [7, 11) is 0. The van der Waals surface area contributed by atoms with Crippen LogP contribution in [0.1, 0.15) is 24.3 Å². The normalized spacial score (nSPS) is 32.5. The second kappa shape index (κ2) is 3.08. The van der Waals surface area contributed by atoms with Crippen LogP contribution in [0.2, 0.25) is 0 Å². The van der Waals surface area contributed by atoms with Gasteiger partial charge in [0.05, 0.1) is 11.7 Å². The Balaban J connectivity index is 2.15. The van der Waals surface area contributed by atoms with Crippen LogP contribution in [0.3, 0.4) is 0 Å². The molecule has 2 bridgehead atoms. The molecule has 1 aromatic rings. The van der Waals surface area contributed by atoms with Crippen LogP contribution >= 0.6 is 0 Å². The molecule has 0 radical (unpaired) electrons. The summed E-state index contributed by atoms with van der Waals surface area (Å²) in [5.41, 5.74) is 1.70. The standard InChI is InChI=1S/C12H12O3/c1-7-10-6-5-8-3-2-4-9(13)11(8)12(14-7)15-10/h2-7,10,12-13H,1H3/t7-,10+,12+/m1/s1. The molecule has 0 aromatic heterocycles. The van der Waals surface area contributed by atoms with Gasteiger partial charge in [0.1, 0.15) is 11.9 Å². The molecule has 1 aromatic carbocycles. The van der Waals surface area contributed by atoms with Gasteiger partial charge in [-0.3, -0.25) is 0 Å². The van der Waals surface area contributed by atoms with E-state index >= 15 is 0 Å². The molecule has 3 heteroatoms. The van der Waals surface area contributed by atoms with Crippen LogP contribution < -0.4 is 0 Å². The molecular weight excluding hydrogens is 192 g/mol. The van der Waals surface area contributed by atoms with Crippen LogP contribution in [-0.4, -0.2) is 17.3 Å². The van der Waals surface area contributed by atoms with E-state index in [1.165, 1.54) is 0 Å². The topological polar surface area (TPSA) is 38.7 Å². The van der Waals surface area contributed by atoms with Crippen LogP contribution in [0.4, 0.5) is 0 Å².